The summed E-state index contributed by atoms with van der Waals surface area (Å²) < 4.78 is 35.9. The summed E-state index contributed by atoms with van der Waals surface area (Å²) in [6.07, 6.45) is -4.12. The summed E-state index contributed by atoms with van der Waals surface area (Å²) in [5.41, 5.74) is 0. The van der Waals surface area contributed by atoms with Crippen molar-refractivity contribution in [1.29, 1.82) is 0 Å². The van der Waals surface area contributed by atoms with Crippen molar-refractivity contribution in [3.8, 4) is 0 Å². The maximum Gasteiger partial charge on any atom is 0.389 e. The van der Waals surface area contributed by atoms with E-state index in [-0.39, 0.29) is 12.5 Å². The summed E-state index contributed by atoms with van der Waals surface area (Å²) in [7, 11) is 1.64. The minimum Gasteiger partial charge on any atom is -0.480 e. The summed E-state index contributed by atoms with van der Waals surface area (Å²) in [5.74, 6) is -0.933. The van der Waals surface area contributed by atoms with Crippen LogP contribution in [0.2, 0.25) is 0 Å². The Bertz CT molecular complexity index is 243. The fourth-order valence-electron chi connectivity index (χ4n) is 1.75. The molecule has 0 saturated heterocycles. The monoisotopic (exact) mass is 255 g/mol. The lowest BCUT2D eigenvalue weighted by molar-refractivity contribution is -0.144. The third-order valence-corrected chi connectivity index (χ3v) is 2.94. The molecule has 2 atom stereocenters. The summed E-state index contributed by atoms with van der Waals surface area (Å²) in [6.45, 7) is 3.50. The molecule has 0 aliphatic rings. The second kappa shape index (κ2) is 6.83. The Hall–Kier alpha value is -0.780. The van der Waals surface area contributed by atoms with E-state index in [9.17, 15) is 18.0 Å². The van der Waals surface area contributed by atoms with Gasteiger partial charge >= 0.3 is 12.1 Å². The lowest BCUT2D eigenvalue weighted by Crippen LogP contribution is -2.43. The highest BCUT2D eigenvalue weighted by Gasteiger charge is 2.28. The van der Waals surface area contributed by atoms with E-state index in [0.717, 1.165) is 0 Å². The molecule has 0 bridgehead atoms. The zero-order valence-electron chi connectivity index (χ0n) is 10.4. The number of hydrogen-bond acceptors (Lipinski definition) is 2. The van der Waals surface area contributed by atoms with E-state index < -0.39 is 24.6 Å². The Balaban J connectivity index is 4.13. The van der Waals surface area contributed by atoms with Gasteiger partial charge in [0.2, 0.25) is 0 Å². The molecule has 0 aromatic carbocycles. The van der Waals surface area contributed by atoms with Gasteiger partial charge in [-0.05, 0) is 33.2 Å². The van der Waals surface area contributed by atoms with E-state index in [1.807, 2.05) is 0 Å². The first kappa shape index (κ1) is 16.2. The Kier molecular flexibility index (Phi) is 6.52. The number of rotatable bonds is 7. The molecule has 0 saturated carbocycles. The van der Waals surface area contributed by atoms with E-state index in [0.29, 0.717) is 12.8 Å². The minimum atomic E-state index is -4.13. The maximum absolute atomic E-state index is 12.0. The van der Waals surface area contributed by atoms with Crippen molar-refractivity contribution in [2.45, 2.75) is 57.8 Å². The molecule has 0 aliphatic carbocycles. The molecule has 17 heavy (non-hydrogen) atoms. The average molecular weight is 255 g/mol. The van der Waals surface area contributed by atoms with Crippen LogP contribution in [-0.4, -0.2) is 41.3 Å². The third-order valence-electron chi connectivity index (χ3n) is 2.94. The molecule has 1 N–H and O–H groups in total. The number of aliphatic carboxylic acids is 1. The normalized spacial score (nSPS) is 15.9. The molecular weight excluding hydrogens is 235 g/mol. The lowest BCUT2D eigenvalue weighted by Gasteiger charge is -2.30. The van der Waals surface area contributed by atoms with Crippen LogP contribution in [-0.2, 0) is 4.79 Å². The summed E-state index contributed by atoms with van der Waals surface area (Å²) in [4.78, 5) is 12.5. The van der Waals surface area contributed by atoms with Crippen LogP contribution in [0, 0.1) is 0 Å². The predicted octanol–water partition coefficient (Wildman–Crippen LogP) is 2.90. The first-order chi connectivity index (χ1) is 7.69. The highest BCUT2D eigenvalue weighted by molar-refractivity contribution is 5.73. The van der Waals surface area contributed by atoms with Crippen LogP contribution in [0.1, 0.15) is 39.5 Å². The maximum atomic E-state index is 12.0. The zero-order valence-corrected chi connectivity index (χ0v) is 10.4. The Labute approximate surface area is 99.6 Å². The number of hydrogen-bond donors (Lipinski definition) is 1. The SMILES string of the molecule is CCC(C(=O)O)N(C)C(C)CCCC(F)(F)F. The van der Waals surface area contributed by atoms with Crippen molar-refractivity contribution in [1.82, 2.24) is 4.90 Å². The van der Waals surface area contributed by atoms with Gasteiger partial charge in [0.15, 0.2) is 0 Å². The number of halogens is 3. The van der Waals surface area contributed by atoms with Crippen LogP contribution in [0.3, 0.4) is 0 Å². The summed E-state index contributed by atoms with van der Waals surface area (Å²) in [6, 6.07) is -0.797. The predicted molar refractivity (Wildman–Crippen MR) is 58.8 cm³/mol. The molecule has 0 amide bonds. The zero-order chi connectivity index (χ0) is 13.6. The van der Waals surface area contributed by atoms with E-state index in [1.165, 1.54) is 0 Å². The van der Waals surface area contributed by atoms with Crippen LogP contribution in [0.5, 0.6) is 0 Å². The topological polar surface area (TPSA) is 40.5 Å². The Morgan fingerprint density at radius 2 is 1.94 bits per heavy atom. The second-order valence-corrected chi connectivity index (χ2v) is 4.28. The molecule has 0 spiro atoms. The van der Waals surface area contributed by atoms with Gasteiger partial charge in [0.25, 0.3) is 0 Å². The van der Waals surface area contributed by atoms with Gasteiger partial charge in [-0.2, -0.15) is 13.2 Å². The molecule has 0 heterocycles. The first-order valence-corrected chi connectivity index (χ1v) is 5.70. The van der Waals surface area contributed by atoms with Gasteiger partial charge in [-0.3, -0.25) is 9.69 Å². The lowest BCUT2D eigenvalue weighted by atomic mass is 10.1. The molecule has 3 nitrogen and oxygen atoms in total. The van der Waals surface area contributed by atoms with Crippen molar-refractivity contribution in [3.05, 3.63) is 0 Å². The molecule has 6 heteroatoms. The van der Waals surface area contributed by atoms with Crippen molar-refractivity contribution in [2.75, 3.05) is 7.05 Å². The molecule has 0 aromatic heterocycles. The number of carboxylic acids is 1. The Morgan fingerprint density at radius 1 is 1.41 bits per heavy atom. The number of alkyl halides is 3. The molecule has 0 radical (unpaired) electrons. The van der Waals surface area contributed by atoms with Gasteiger partial charge in [-0.25, -0.2) is 0 Å². The molecular formula is C11H20F3NO2. The van der Waals surface area contributed by atoms with Crippen molar-refractivity contribution in [3.63, 3.8) is 0 Å². The van der Waals surface area contributed by atoms with Crippen LogP contribution >= 0.6 is 0 Å². The summed E-state index contributed by atoms with van der Waals surface area (Å²) >= 11 is 0. The Morgan fingerprint density at radius 3 is 2.29 bits per heavy atom. The highest BCUT2D eigenvalue weighted by Crippen LogP contribution is 2.23. The van der Waals surface area contributed by atoms with Gasteiger partial charge in [0, 0.05) is 12.5 Å². The molecule has 0 rings (SSSR count). The first-order valence-electron chi connectivity index (χ1n) is 5.70. The van der Waals surface area contributed by atoms with E-state index in [4.69, 9.17) is 5.11 Å². The molecule has 0 aromatic rings. The molecule has 0 aliphatic heterocycles. The van der Waals surface area contributed by atoms with E-state index in [1.54, 1.807) is 25.8 Å². The number of likely N-dealkylation sites (N-methyl/N-ethyl adjacent to an activating group) is 1. The average Bonchev–Trinajstić information content (AvgIpc) is 2.15. The van der Waals surface area contributed by atoms with Crippen LogP contribution in [0.25, 0.3) is 0 Å². The molecule has 0 fully saturated rings. The van der Waals surface area contributed by atoms with Gasteiger partial charge in [0.1, 0.15) is 6.04 Å². The standard InChI is InChI=1S/C11H20F3NO2/c1-4-9(10(16)17)15(3)8(2)6-5-7-11(12,13)14/h8-9H,4-7H2,1-3H3,(H,16,17). The van der Waals surface area contributed by atoms with Gasteiger partial charge < -0.3 is 5.11 Å². The highest BCUT2D eigenvalue weighted by atomic mass is 19.4. The van der Waals surface area contributed by atoms with Crippen molar-refractivity contribution < 1.29 is 23.1 Å². The molecule has 102 valence electrons. The number of carbonyl (C=O) groups is 1. The third kappa shape index (κ3) is 6.51. The largest absolute Gasteiger partial charge is 0.480 e. The van der Waals surface area contributed by atoms with Crippen molar-refractivity contribution >= 4 is 5.97 Å². The van der Waals surface area contributed by atoms with E-state index >= 15 is 0 Å². The van der Waals surface area contributed by atoms with Crippen LogP contribution in [0.4, 0.5) is 13.2 Å². The van der Waals surface area contributed by atoms with Crippen LogP contribution in [0.15, 0.2) is 0 Å². The molecule has 2 unspecified atom stereocenters. The van der Waals surface area contributed by atoms with E-state index in [2.05, 4.69) is 0 Å². The fraction of sp³-hybridized carbons (Fsp3) is 0.909. The summed E-state index contributed by atoms with van der Waals surface area (Å²) in [5, 5.41) is 8.93. The van der Waals surface area contributed by atoms with Gasteiger partial charge in [-0.15, -0.1) is 0 Å². The van der Waals surface area contributed by atoms with Gasteiger partial charge in [-0.1, -0.05) is 6.92 Å². The smallest absolute Gasteiger partial charge is 0.389 e. The fourth-order valence-corrected chi connectivity index (χ4v) is 1.75. The van der Waals surface area contributed by atoms with Gasteiger partial charge in [0.05, 0.1) is 0 Å². The second-order valence-electron chi connectivity index (χ2n) is 4.28. The number of carboxylic acid groups (broad SMARTS) is 1. The minimum absolute atomic E-state index is 0.0328. The number of nitrogens with zero attached hydrogens (tertiary/aromatic N) is 1. The quantitative estimate of drug-likeness (QED) is 0.760. The van der Waals surface area contributed by atoms with Crippen LogP contribution < -0.4 is 0 Å². The van der Waals surface area contributed by atoms with Crippen molar-refractivity contribution in [2.24, 2.45) is 0 Å².